The van der Waals surface area contributed by atoms with E-state index >= 15 is 0 Å². The number of nitrogens with one attached hydrogen (secondary N) is 1. The Morgan fingerprint density at radius 3 is 2.07 bits per heavy atom. The van der Waals surface area contributed by atoms with Gasteiger partial charge in [-0.15, -0.1) is 0 Å². The Balaban J connectivity index is 1.36. The molecule has 1 saturated heterocycles. The lowest BCUT2D eigenvalue weighted by molar-refractivity contribution is 0.102. The lowest BCUT2D eigenvalue weighted by Crippen LogP contribution is -2.29. The molecule has 0 spiro atoms. The van der Waals surface area contributed by atoms with Crippen LogP contribution in [0.4, 0.5) is 5.69 Å². The Morgan fingerprint density at radius 2 is 1.39 bits per heavy atom. The molecular weight excluding hydrogens is 344 g/mol. The number of rotatable bonds is 5. The summed E-state index contributed by atoms with van der Waals surface area (Å²) in [6, 6.07) is 26.1. The number of hydrogen-bond donors (Lipinski definition) is 1. The molecule has 4 rings (SSSR count). The third-order valence-electron chi connectivity index (χ3n) is 5.32. The molecule has 3 aromatic carbocycles. The molecule has 0 aliphatic carbocycles. The van der Waals surface area contributed by atoms with Gasteiger partial charge in [0.25, 0.3) is 5.91 Å². The molecule has 3 aromatic rings. The first-order valence-corrected chi connectivity index (χ1v) is 10.1. The number of likely N-dealkylation sites (tertiary alicyclic amines) is 1. The zero-order chi connectivity index (χ0) is 19.2. The van der Waals surface area contributed by atoms with Crippen molar-refractivity contribution in [2.24, 2.45) is 0 Å². The Hall–Kier alpha value is -2.91. The van der Waals surface area contributed by atoms with E-state index in [1.165, 1.54) is 37.9 Å². The SMILES string of the molecule is O=C(Nc1ccc(CN2CCCCC2)cc1)c1ccc(-c2ccccc2)cc1. The standard InChI is InChI=1S/C25H26N2O/c28-25(23-13-11-22(12-14-23)21-7-3-1-4-8-21)26-24-15-9-20(10-16-24)19-27-17-5-2-6-18-27/h1,3-4,7-16H,2,5-6,17-19H2,(H,26,28). The number of hydrogen-bond acceptors (Lipinski definition) is 2. The lowest BCUT2D eigenvalue weighted by atomic mass is 10.0. The maximum Gasteiger partial charge on any atom is 0.255 e. The van der Waals surface area contributed by atoms with Gasteiger partial charge >= 0.3 is 0 Å². The molecule has 0 unspecified atom stereocenters. The molecule has 0 radical (unpaired) electrons. The van der Waals surface area contributed by atoms with E-state index in [0.29, 0.717) is 5.56 Å². The highest BCUT2D eigenvalue weighted by Gasteiger charge is 2.11. The molecule has 3 nitrogen and oxygen atoms in total. The van der Waals surface area contributed by atoms with Gasteiger partial charge in [-0.25, -0.2) is 0 Å². The first-order chi connectivity index (χ1) is 13.8. The molecule has 28 heavy (non-hydrogen) atoms. The summed E-state index contributed by atoms with van der Waals surface area (Å²) in [7, 11) is 0. The molecule has 1 fully saturated rings. The zero-order valence-corrected chi connectivity index (χ0v) is 16.1. The van der Waals surface area contributed by atoms with Crippen LogP contribution in [0.15, 0.2) is 78.9 Å². The molecule has 1 heterocycles. The third kappa shape index (κ3) is 4.68. The second kappa shape index (κ2) is 8.85. The molecule has 1 N–H and O–H groups in total. The molecule has 142 valence electrons. The molecule has 1 aliphatic rings. The lowest BCUT2D eigenvalue weighted by Gasteiger charge is -2.26. The smallest absolute Gasteiger partial charge is 0.255 e. The summed E-state index contributed by atoms with van der Waals surface area (Å²) >= 11 is 0. The van der Waals surface area contributed by atoms with Crippen molar-refractivity contribution in [1.29, 1.82) is 0 Å². The van der Waals surface area contributed by atoms with Crippen LogP contribution in [0.25, 0.3) is 11.1 Å². The van der Waals surface area contributed by atoms with E-state index in [2.05, 4.69) is 34.5 Å². The van der Waals surface area contributed by atoms with Gasteiger partial charge in [-0.1, -0.05) is 61.0 Å². The van der Waals surface area contributed by atoms with Crippen molar-refractivity contribution < 1.29 is 4.79 Å². The number of nitrogens with zero attached hydrogens (tertiary/aromatic N) is 1. The van der Waals surface area contributed by atoms with Gasteiger partial charge in [0.2, 0.25) is 0 Å². The highest BCUT2D eigenvalue weighted by atomic mass is 16.1. The summed E-state index contributed by atoms with van der Waals surface area (Å²) in [5.74, 6) is -0.0802. The Bertz CT molecular complexity index is 896. The summed E-state index contributed by atoms with van der Waals surface area (Å²) in [6.45, 7) is 3.38. The largest absolute Gasteiger partial charge is 0.322 e. The summed E-state index contributed by atoms with van der Waals surface area (Å²) in [5, 5.41) is 3.00. The number of carbonyl (C=O) groups is 1. The fourth-order valence-corrected chi connectivity index (χ4v) is 3.72. The van der Waals surface area contributed by atoms with Crippen molar-refractivity contribution >= 4 is 11.6 Å². The van der Waals surface area contributed by atoms with E-state index in [1.807, 2.05) is 54.6 Å². The van der Waals surface area contributed by atoms with Gasteiger partial charge in [-0.05, 0) is 66.9 Å². The number of amides is 1. The van der Waals surface area contributed by atoms with Gasteiger partial charge in [0.05, 0.1) is 0 Å². The minimum atomic E-state index is -0.0802. The van der Waals surface area contributed by atoms with Crippen LogP contribution in [0.3, 0.4) is 0 Å². The molecule has 1 amide bonds. The number of piperidine rings is 1. The first-order valence-electron chi connectivity index (χ1n) is 10.1. The predicted octanol–water partition coefficient (Wildman–Crippen LogP) is 5.59. The van der Waals surface area contributed by atoms with Gasteiger partial charge in [-0.2, -0.15) is 0 Å². The van der Waals surface area contributed by atoms with Crippen molar-refractivity contribution in [3.63, 3.8) is 0 Å². The second-order valence-corrected chi connectivity index (χ2v) is 7.43. The van der Waals surface area contributed by atoms with Crippen LogP contribution in [-0.2, 0) is 6.54 Å². The van der Waals surface area contributed by atoms with E-state index in [1.54, 1.807) is 0 Å². The van der Waals surface area contributed by atoms with Crippen LogP contribution in [-0.4, -0.2) is 23.9 Å². The fourth-order valence-electron chi connectivity index (χ4n) is 3.72. The van der Waals surface area contributed by atoms with E-state index < -0.39 is 0 Å². The van der Waals surface area contributed by atoms with Crippen molar-refractivity contribution in [2.75, 3.05) is 18.4 Å². The van der Waals surface area contributed by atoms with Gasteiger partial charge < -0.3 is 5.32 Å². The average Bonchev–Trinajstić information content (AvgIpc) is 2.76. The highest BCUT2D eigenvalue weighted by Crippen LogP contribution is 2.20. The number of anilines is 1. The van der Waals surface area contributed by atoms with E-state index in [0.717, 1.165) is 23.4 Å². The van der Waals surface area contributed by atoms with Gasteiger partial charge in [0.1, 0.15) is 0 Å². The minimum absolute atomic E-state index is 0.0802. The molecule has 0 saturated carbocycles. The maximum atomic E-state index is 12.5. The maximum absolute atomic E-state index is 12.5. The van der Waals surface area contributed by atoms with E-state index in [-0.39, 0.29) is 5.91 Å². The average molecular weight is 370 g/mol. The van der Waals surface area contributed by atoms with Crippen LogP contribution in [0.1, 0.15) is 35.2 Å². The van der Waals surface area contributed by atoms with Crippen LogP contribution in [0, 0.1) is 0 Å². The van der Waals surface area contributed by atoms with Crippen LogP contribution >= 0.6 is 0 Å². The van der Waals surface area contributed by atoms with Crippen LogP contribution < -0.4 is 5.32 Å². The van der Waals surface area contributed by atoms with E-state index in [9.17, 15) is 4.79 Å². The Kier molecular flexibility index (Phi) is 5.83. The molecule has 1 aliphatic heterocycles. The fraction of sp³-hybridized carbons (Fsp3) is 0.240. The quantitative estimate of drug-likeness (QED) is 0.635. The second-order valence-electron chi connectivity index (χ2n) is 7.43. The van der Waals surface area contributed by atoms with Crippen molar-refractivity contribution in [1.82, 2.24) is 4.90 Å². The summed E-state index contributed by atoms with van der Waals surface area (Å²) < 4.78 is 0. The van der Waals surface area contributed by atoms with Gasteiger partial charge in [0, 0.05) is 17.8 Å². The Morgan fingerprint density at radius 1 is 0.750 bits per heavy atom. The third-order valence-corrected chi connectivity index (χ3v) is 5.32. The topological polar surface area (TPSA) is 32.3 Å². The van der Waals surface area contributed by atoms with Crippen molar-refractivity contribution in [3.05, 3.63) is 90.0 Å². The zero-order valence-electron chi connectivity index (χ0n) is 16.1. The van der Waals surface area contributed by atoms with Crippen molar-refractivity contribution in [3.8, 4) is 11.1 Å². The Labute approximate surface area is 167 Å². The summed E-state index contributed by atoms with van der Waals surface area (Å²) in [5.41, 5.74) is 5.06. The van der Waals surface area contributed by atoms with Crippen molar-refractivity contribution in [2.45, 2.75) is 25.8 Å². The number of carbonyl (C=O) groups excluding carboxylic acids is 1. The first kappa shape index (κ1) is 18.5. The predicted molar refractivity (Wildman–Crippen MR) is 115 cm³/mol. The van der Waals surface area contributed by atoms with Gasteiger partial charge in [0.15, 0.2) is 0 Å². The molecule has 3 heteroatoms. The molecule has 0 aromatic heterocycles. The molecule has 0 atom stereocenters. The number of benzene rings is 3. The van der Waals surface area contributed by atoms with Crippen LogP contribution in [0.2, 0.25) is 0 Å². The van der Waals surface area contributed by atoms with Gasteiger partial charge in [-0.3, -0.25) is 9.69 Å². The normalized spacial score (nSPS) is 14.6. The summed E-state index contributed by atoms with van der Waals surface area (Å²) in [6.07, 6.45) is 3.96. The van der Waals surface area contributed by atoms with E-state index in [4.69, 9.17) is 0 Å². The highest BCUT2D eigenvalue weighted by molar-refractivity contribution is 6.04. The molecular formula is C25H26N2O. The monoisotopic (exact) mass is 370 g/mol. The minimum Gasteiger partial charge on any atom is -0.322 e. The summed E-state index contributed by atoms with van der Waals surface area (Å²) in [4.78, 5) is 15.0. The molecule has 0 bridgehead atoms. The van der Waals surface area contributed by atoms with Crippen LogP contribution in [0.5, 0.6) is 0 Å².